The first-order valence-corrected chi connectivity index (χ1v) is 10.4. The van der Waals surface area contributed by atoms with Gasteiger partial charge in [-0.2, -0.15) is 0 Å². The predicted molar refractivity (Wildman–Crippen MR) is 100 cm³/mol. The zero-order valence-electron chi connectivity index (χ0n) is 16.0. The van der Waals surface area contributed by atoms with Gasteiger partial charge in [-0.25, -0.2) is 0 Å². The summed E-state index contributed by atoms with van der Waals surface area (Å²) < 4.78 is 5.66. The molecule has 0 bridgehead atoms. The highest BCUT2D eigenvalue weighted by Crippen LogP contribution is 2.50. The Hall–Kier alpha value is -1.09. The summed E-state index contributed by atoms with van der Waals surface area (Å²) in [4.78, 5) is 14.9. The molecule has 3 heteroatoms. The Morgan fingerprint density at radius 3 is 2.80 bits per heavy atom. The summed E-state index contributed by atoms with van der Waals surface area (Å²) in [5, 5.41) is 0. The number of likely N-dealkylation sites (tertiary alicyclic amines) is 1. The van der Waals surface area contributed by atoms with Gasteiger partial charge in [0.15, 0.2) is 0 Å². The summed E-state index contributed by atoms with van der Waals surface area (Å²) >= 11 is 0. The second-order valence-corrected chi connectivity index (χ2v) is 8.81. The van der Waals surface area contributed by atoms with Gasteiger partial charge in [-0.05, 0) is 70.9 Å². The maximum Gasteiger partial charge on any atom is 0.310 e. The number of hydrogen-bond donors (Lipinski definition) is 0. The molecule has 0 radical (unpaired) electrons. The van der Waals surface area contributed by atoms with Crippen LogP contribution in [-0.2, 0) is 9.53 Å². The molecule has 1 saturated carbocycles. The number of likely N-dealkylation sites (N-methyl/N-ethyl adjacent to an activating group) is 1. The van der Waals surface area contributed by atoms with Crippen LogP contribution in [0.1, 0.15) is 65.2 Å². The zero-order valence-corrected chi connectivity index (χ0v) is 16.0. The molecule has 4 aliphatic rings. The lowest BCUT2D eigenvalue weighted by Gasteiger charge is -2.38. The molecule has 2 aliphatic carbocycles. The molecule has 0 amide bonds. The fourth-order valence-corrected chi connectivity index (χ4v) is 5.80. The third kappa shape index (κ3) is 3.09. The largest absolute Gasteiger partial charge is 0.462 e. The van der Waals surface area contributed by atoms with E-state index >= 15 is 0 Å². The van der Waals surface area contributed by atoms with Crippen molar-refractivity contribution in [3.05, 3.63) is 23.3 Å². The van der Waals surface area contributed by atoms with Crippen LogP contribution in [0.15, 0.2) is 23.3 Å². The maximum atomic E-state index is 12.4. The molecule has 25 heavy (non-hydrogen) atoms. The van der Waals surface area contributed by atoms with Crippen LogP contribution < -0.4 is 0 Å². The highest BCUT2D eigenvalue weighted by atomic mass is 16.6. The highest BCUT2D eigenvalue weighted by molar-refractivity contribution is 5.77. The maximum absolute atomic E-state index is 12.4. The van der Waals surface area contributed by atoms with Gasteiger partial charge >= 0.3 is 5.97 Å². The molecule has 0 aromatic rings. The first-order chi connectivity index (χ1) is 12.1. The van der Waals surface area contributed by atoms with E-state index in [0.29, 0.717) is 23.9 Å². The van der Waals surface area contributed by atoms with Gasteiger partial charge in [-0.3, -0.25) is 9.69 Å². The van der Waals surface area contributed by atoms with Crippen molar-refractivity contribution < 1.29 is 9.53 Å². The van der Waals surface area contributed by atoms with E-state index in [1.807, 2.05) is 0 Å². The van der Waals surface area contributed by atoms with Crippen molar-refractivity contribution >= 4 is 5.97 Å². The number of allylic oxidation sites excluding steroid dienone is 2. The molecule has 0 N–H and O–H groups in total. The molecule has 138 valence electrons. The molecule has 4 rings (SSSR count). The number of hydrogen-bond acceptors (Lipinski definition) is 3. The van der Waals surface area contributed by atoms with Gasteiger partial charge in [0.1, 0.15) is 6.10 Å². The third-order valence-electron chi connectivity index (χ3n) is 7.39. The summed E-state index contributed by atoms with van der Waals surface area (Å²) in [6, 6.07) is 1.20. The number of rotatable bonds is 2. The van der Waals surface area contributed by atoms with Gasteiger partial charge in [-0.1, -0.05) is 30.6 Å². The van der Waals surface area contributed by atoms with Crippen molar-refractivity contribution in [2.24, 2.45) is 17.8 Å². The molecule has 0 aromatic heterocycles. The molecule has 0 spiro atoms. The van der Waals surface area contributed by atoms with E-state index in [1.165, 1.54) is 50.5 Å². The molecule has 2 aliphatic heterocycles. The van der Waals surface area contributed by atoms with E-state index in [0.717, 1.165) is 6.42 Å². The summed E-state index contributed by atoms with van der Waals surface area (Å²) in [5.41, 5.74) is 3.12. The Morgan fingerprint density at radius 1 is 1.12 bits per heavy atom. The highest BCUT2D eigenvalue weighted by Gasteiger charge is 2.49. The van der Waals surface area contributed by atoms with Gasteiger partial charge in [0.2, 0.25) is 0 Å². The predicted octanol–water partition coefficient (Wildman–Crippen LogP) is 4.48. The molecule has 2 saturated heterocycles. The number of ether oxygens (including phenoxy) is 1. The first kappa shape index (κ1) is 17.3. The number of nitrogens with zero attached hydrogens (tertiary/aromatic N) is 1. The summed E-state index contributed by atoms with van der Waals surface area (Å²) in [6.45, 7) is 4.43. The van der Waals surface area contributed by atoms with Crippen LogP contribution in [-0.4, -0.2) is 36.1 Å². The molecular weight excluding hydrogens is 310 g/mol. The Bertz CT molecular complexity index is 593. The van der Waals surface area contributed by atoms with Crippen molar-refractivity contribution in [3.8, 4) is 0 Å². The average molecular weight is 344 g/mol. The monoisotopic (exact) mass is 343 g/mol. The van der Waals surface area contributed by atoms with Crippen molar-refractivity contribution in [3.63, 3.8) is 0 Å². The number of esters is 1. The van der Waals surface area contributed by atoms with Gasteiger partial charge < -0.3 is 4.74 Å². The lowest BCUT2D eigenvalue weighted by molar-refractivity contribution is -0.144. The minimum absolute atomic E-state index is 0.0375. The smallest absolute Gasteiger partial charge is 0.310 e. The summed E-state index contributed by atoms with van der Waals surface area (Å²) in [5.74, 6) is 1.07. The van der Waals surface area contributed by atoms with Crippen LogP contribution in [0.4, 0.5) is 0 Å². The molecule has 3 nitrogen and oxygen atoms in total. The number of carbonyl (C=O) groups excluding carboxylic acids is 1. The van der Waals surface area contributed by atoms with Gasteiger partial charge in [-0.15, -0.1) is 0 Å². The Labute approximate surface area is 152 Å². The minimum atomic E-state index is 0.0375. The normalized spacial score (nSPS) is 42.4. The molecule has 3 fully saturated rings. The van der Waals surface area contributed by atoms with E-state index in [-0.39, 0.29) is 18.0 Å². The topological polar surface area (TPSA) is 29.5 Å². The van der Waals surface area contributed by atoms with Crippen LogP contribution in [0.25, 0.3) is 0 Å². The second kappa shape index (κ2) is 6.90. The molecule has 2 heterocycles. The Balaban J connectivity index is 1.65. The molecule has 0 aromatic carbocycles. The van der Waals surface area contributed by atoms with E-state index < -0.39 is 0 Å². The summed E-state index contributed by atoms with van der Waals surface area (Å²) in [7, 11) is 2.26. The molecule has 0 unspecified atom stereocenters. The van der Waals surface area contributed by atoms with Crippen molar-refractivity contribution in [1.29, 1.82) is 0 Å². The third-order valence-corrected chi connectivity index (χ3v) is 7.39. The fraction of sp³-hybridized carbons (Fsp3) is 0.773. The number of fused-ring (bicyclic) bond motifs is 2. The van der Waals surface area contributed by atoms with Crippen LogP contribution in [0.5, 0.6) is 0 Å². The fourth-order valence-electron chi connectivity index (χ4n) is 5.80. The number of piperidine rings is 1. The second-order valence-electron chi connectivity index (χ2n) is 8.81. The van der Waals surface area contributed by atoms with Crippen LogP contribution in [0.3, 0.4) is 0 Å². The molecule has 6 atom stereocenters. The average Bonchev–Trinajstić information content (AvgIpc) is 2.89. The van der Waals surface area contributed by atoms with Crippen LogP contribution in [0.2, 0.25) is 0 Å². The van der Waals surface area contributed by atoms with Crippen molar-refractivity contribution in [2.75, 3.05) is 7.05 Å². The van der Waals surface area contributed by atoms with Crippen molar-refractivity contribution in [2.45, 2.75) is 83.4 Å². The lowest BCUT2D eigenvalue weighted by Crippen LogP contribution is -2.41. The Morgan fingerprint density at radius 2 is 1.96 bits per heavy atom. The van der Waals surface area contributed by atoms with E-state index in [4.69, 9.17) is 4.74 Å². The minimum Gasteiger partial charge on any atom is -0.462 e. The van der Waals surface area contributed by atoms with E-state index in [2.05, 4.69) is 37.9 Å². The molecular formula is C22H33NO2. The SMILES string of the molecule is C[C@@H]1OC(=O)[C@H]2C[C@H]3CCCCC3=C(/C=C/[C@@H]3CCC[C@H](C)N3C)[C@@H]12. The first-order valence-electron chi connectivity index (χ1n) is 10.4. The van der Waals surface area contributed by atoms with Crippen LogP contribution in [0, 0.1) is 17.8 Å². The summed E-state index contributed by atoms with van der Waals surface area (Å²) in [6.07, 6.45) is 14.9. The standard InChI is InChI=1S/C22H33NO2/c1-14-7-6-9-17(23(14)3)11-12-19-18-10-5-4-8-16(18)13-20-21(19)15(2)25-22(20)24/h11-12,14-17,20-21H,4-10,13H2,1-3H3/b12-11+/t14-,15-,16+,17-,20-,21+/m0/s1. The van der Waals surface area contributed by atoms with Crippen molar-refractivity contribution in [1.82, 2.24) is 4.90 Å². The zero-order chi connectivity index (χ0) is 17.6. The lowest BCUT2D eigenvalue weighted by atomic mass is 9.65. The van der Waals surface area contributed by atoms with Gasteiger partial charge in [0, 0.05) is 18.0 Å². The quantitative estimate of drug-likeness (QED) is 0.692. The van der Waals surface area contributed by atoms with E-state index in [1.54, 1.807) is 5.57 Å². The van der Waals surface area contributed by atoms with Gasteiger partial charge in [0.25, 0.3) is 0 Å². The number of carbonyl (C=O) groups is 1. The van der Waals surface area contributed by atoms with Gasteiger partial charge in [0.05, 0.1) is 5.92 Å². The number of cyclic esters (lactones) is 1. The van der Waals surface area contributed by atoms with E-state index in [9.17, 15) is 4.79 Å². The van der Waals surface area contributed by atoms with Crippen LogP contribution >= 0.6 is 0 Å². The Kier molecular flexibility index (Phi) is 4.79.